The maximum absolute atomic E-state index is 12.1. The van der Waals surface area contributed by atoms with Crippen LogP contribution >= 0.6 is 0 Å². The van der Waals surface area contributed by atoms with E-state index in [1.807, 2.05) is 25.1 Å². The lowest BCUT2D eigenvalue weighted by atomic mass is 9.97. The Morgan fingerprint density at radius 2 is 1.82 bits per heavy atom. The first-order chi connectivity index (χ1) is 13.3. The van der Waals surface area contributed by atoms with Gasteiger partial charge in [-0.05, 0) is 41.8 Å². The number of amides is 1. The number of hydrogen-bond acceptors (Lipinski definition) is 6. The zero-order valence-corrected chi connectivity index (χ0v) is 16.6. The Bertz CT molecular complexity index is 1070. The van der Waals surface area contributed by atoms with Gasteiger partial charge >= 0.3 is 0 Å². The van der Waals surface area contributed by atoms with Gasteiger partial charge in [0.25, 0.3) is 0 Å². The van der Waals surface area contributed by atoms with Crippen molar-refractivity contribution in [1.82, 2.24) is 0 Å². The molecule has 0 fully saturated rings. The van der Waals surface area contributed by atoms with E-state index in [0.29, 0.717) is 11.4 Å². The van der Waals surface area contributed by atoms with Gasteiger partial charge < -0.3 is 20.7 Å². The van der Waals surface area contributed by atoms with Crippen LogP contribution in [0.3, 0.4) is 0 Å². The van der Waals surface area contributed by atoms with Crippen LogP contribution in [0.25, 0.3) is 0 Å². The first-order valence-electron chi connectivity index (χ1n) is 8.96. The molecular weight excluding hydrogens is 380 g/mol. The number of anilines is 4. The van der Waals surface area contributed by atoms with Crippen molar-refractivity contribution >= 4 is 38.7 Å². The molecular formula is C19H22N4O4S. The van der Waals surface area contributed by atoms with Crippen molar-refractivity contribution < 1.29 is 17.9 Å². The zero-order chi connectivity index (χ0) is 20.1. The van der Waals surface area contributed by atoms with E-state index in [4.69, 9.17) is 4.74 Å². The quantitative estimate of drug-likeness (QED) is 0.612. The molecule has 9 heteroatoms. The highest BCUT2D eigenvalue weighted by atomic mass is 32.2. The third kappa shape index (κ3) is 3.22. The highest BCUT2D eigenvalue weighted by Crippen LogP contribution is 2.44. The maximum atomic E-state index is 12.1. The molecule has 4 N–H and O–H groups in total. The van der Waals surface area contributed by atoms with Crippen LogP contribution in [0.2, 0.25) is 0 Å². The van der Waals surface area contributed by atoms with Crippen molar-refractivity contribution in [3.63, 3.8) is 0 Å². The SMILES string of the molecule is CCC1C(=O)Nc2cc3c(cc21)NC(c1ccc(NS(C)(=O)=O)c(OC)c1)N3. The van der Waals surface area contributed by atoms with E-state index in [0.717, 1.165) is 40.9 Å². The van der Waals surface area contributed by atoms with Crippen LogP contribution in [-0.2, 0) is 14.8 Å². The second kappa shape index (κ2) is 6.59. The second-order valence-electron chi connectivity index (χ2n) is 6.99. The number of fused-ring (bicyclic) bond motifs is 2. The molecule has 2 unspecified atom stereocenters. The lowest BCUT2D eigenvalue weighted by molar-refractivity contribution is -0.117. The van der Waals surface area contributed by atoms with Crippen LogP contribution in [0.5, 0.6) is 5.75 Å². The number of carbonyl (C=O) groups is 1. The lowest BCUT2D eigenvalue weighted by Gasteiger charge is -2.16. The smallest absolute Gasteiger partial charge is 0.231 e. The molecule has 2 atom stereocenters. The molecule has 0 aromatic heterocycles. The van der Waals surface area contributed by atoms with Crippen molar-refractivity contribution in [3.8, 4) is 5.75 Å². The number of methoxy groups -OCH3 is 1. The maximum Gasteiger partial charge on any atom is 0.231 e. The van der Waals surface area contributed by atoms with Gasteiger partial charge in [-0.1, -0.05) is 13.0 Å². The molecule has 2 aromatic rings. The average molecular weight is 402 g/mol. The van der Waals surface area contributed by atoms with Gasteiger partial charge in [0.05, 0.1) is 36.3 Å². The molecule has 0 saturated heterocycles. The van der Waals surface area contributed by atoms with E-state index in [2.05, 4.69) is 20.7 Å². The van der Waals surface area contributed by atoms with Gasteiger partial charge in [-0.3, -0.25) is 9.52 Å². The number of hydrogen-bond donors (Lipinski definition) is 4. The number of nitrogens with one attached hydrogen (secondary N) is 4. The topological polar surface area (TPSA) is 109 Å². The second-order valence-corrected chi connectivity index (χ2v) is 8.74. The molecule has 148 valence electrons. The van der Waals surface area contributed by atoms with Gasteiger partial charge in [-0.15, -0.1) is 0 Å². The fourth-order valence-electron chi connectivity index (χ4n) is 3.70. The van der Waals surface area contributed by atoms with E-state index in [1.165, 1.54) is 7.11 Å². The van der Waals surface area contributed by atoms with Crippen LogP contribution in [0.1, 0.15) is 36.6 Å². The molecule has 8 nitrogen and oxygen atoms in total. The monoisotopic (exact) mass is 402 g/mol. The summed E-state index contributed by atoms with van der Waals surface area (Å²) in [4.78, 5) is 12.1. The minimum atomic E-state index is -3.40. The molecule has 1 amide bonds. The summed E-state index contributed by atoms with van der Waals surface area (Å²) in [6, 6.07) is 9.25. The normalized spacial score (nSPS) is 19.9. The Morgan fingerprint density at radius 3 is 2.46 bits per heavy atom. The number of ether oxygens (including phenoxy) is 1. The Kier molecular flexibility index (Phi) is 4.34. The van der Waals surface area contributed by atoms with Gasteiger partial charge in [0.2, 0.25) is 15.9 Å². The van der Waals surface area contributed by atoms with Crippen LogP contribution < -0.4 is 25.4 Å². The highest BCUT2D eigenvalue weighted by molar-refractivity contribution is 7.92. The van der Waals surface area contributed by atoms with Crippen LogP contribution in [0, 0.1) is 0 Å². The third-order valence-corrected chi connectivity index (χ3v) is 5.59. The van der Waals surface area contributed by atoms with Crippen molar-refractivity contribution in [1.29, 1.82) is 0 Å². The van der Waals surface area contributed by atoms with Gasteiger partial charge in [-0.25, -0.2) is 8.42 Å². The molecule has 4 rings (SSSR count). The van der Waals surface area contributed by atoms with Crippen LogP contribution in [-0.4, -0.2) is 27.7 Å². The van der Waals surface area contributed by atoms with E-state index in [-0.39, 0.29) is 18.0 Å². The molecule has 2 heterocycles. The van der Waals surface area contributed by atoms with Gasteiger partial charge in [0.1, 0.15) is 11.9 Å². The standard InChI is InChI=1S/C19H22N4O4S/c1-4-11-12-8-15-16(9-14(12)22-19(11)24)21-18(20-15)10-5-6-13(17(7-10)27-2)23-28(3,25)26/h5-9,11,18,20-21,23H,4H2,1-3H3,(H,22,24). The van der Waals surface area contributed by atoms with E-state index in [9.17, 15) is 13.2 Å². The highest BCUT2D eigenvalue weighted by Gasteiger charge is 2.32. The molecule has 28 heavy (non-hydrogen) atoms. The predicted octanol–water partition coefficient (Wildman–Crippen LogP) is 3.05. The molecule has 0 aliphatic carbocycles. The number of carbonyl (C=O) groups excluding carboxylic acids is 1. The molecule has 0 spiro atoms. The largest absolute Gasteiger partial charge is 0.495 e. The fraction of sp³-hybridized carbons (Fsp3) is 0.316. The molecule has 2 aliphatic rings. The molecule has 2 aromatic carbocycles. The Hall–Kier alpha value is -2.94. The first-order valence-corrected chi connectivity index (χ1v) is 10.9. The Balaban J connectivity index is 1.61. The molecule has 0 bridgehead atoms. The van der Waals surface area contributed by atoms with Crippen molar-refractivity contribution in [2.75, 3.05) is 34.0 Å². The van der Waals surface area contributed by atoms with E-state index < -0.39 is 10.0 Å². The number of benzene rings is 2. The molecule has 2 aliphatic heterocycles. The summed E-state index contributed by atoms with van der Waals surface area (Å²) in [7, 11) is -1.90. The minimum Gasteiger partial charge on any atom is -0.495 e. The lowest BCUT2D eigenvalue weighted by Crippen LogP contribution is -2.14. The third-order valence-electron chi connectivity index (χ3n) is 5.00. The van der Waals surface area contributed by atoms with Gasteiger partial charge in [0, 0.05) is 5.69 Å². The summed E-state index contributed by atoms with van der Waals surface area (Å²) in [5.41, 5.74) is 4.96. The van der Waals surface area contributed by atoms with Crippen molar-refractivity contribution in [2.45, 2.75) is 25.4 Å². The van der Waals surface area contributed by atoms with Crippen LogP contribution in [0.4, 0.5) is 22.7 Å². The number of sulfonamides is 1. The van der Waals surface area contributed by atoms with Crippen molar-refractivity contribution in [3.05, 3.63) is 41.5 Å². The average Bonchev–Trinajstić information content (AvgIpc) is 3.17. The van der Waals surface area contributed by atoms with Gasteiger partial charge in [0.15, 0.2) is 0 Å². The summed E-state index contributed by atoms with van der Waals surface area (Å²) < 4.78 is 30.8. The first kappa shape index (κ1) is 18.4. The fourth-order valence-corrected chi connectivity index (χ4v) is 4.27. The zero-order valence-electron chi connectivity index (χ0n) is 15.8. The predicted molar refractivity (Wildman–Crippen MR) is 110 cm³/mol. The summed E-state index contributed by atoms with van der Waals surface area (Å²) >= 11 is 0. The summed E-state index contributed by atoms with van der Waals surface area (Å²) in [5, 5.41) is 9.74. The van der Waals surface area contributed by atoms with E-state index in [1.54, 1.807) is 12.1 Å². The number of rotatable bonds is 5. The summed E-state index contributed by atoms with van der Waals surface area (Å²) in [6.07, 6.45) is 1.65. The van der Waals surface area contributed by atoms with Crippen LogP contribution in [0.15, 0.2) is 30.3 Å². The van der Waals surface area contributed by atoms with E-state index >= 15 is 0 Å². The molecule has 0 radical (unpaired) electrons. The Morgan fingerprint density at radius 1 is 1.11 bits per heavy atom. The minimum absolute atomic E-state index is 0.0384. The summed E-state index contributed by atoms with van der Waals surface area (Å²) in [6.45, 7) is 2.00. The molecule has 0 saturated carbocycles. The van der Waals surface area contributed by atoms with Gasteiger partial charge in [-0.2, -0.15) is 0 Å². The Labute approximate surface area is 163 Å². The van der Waals surface area contributed by atoms with Crippen molar-refractivity contribution in [2.24, 2.45) is 0 Å². The summed E-state index contributed by atoms with van der Waals surface area (Å²) in [5.74, 6) is 0.349.